The third-order valence-corrected chi connectivity index (χ3v) is 4.81. The molecule has 2 aromatic carbocycles. The Bertz CT molecular complexity index is 558. The van der Waals surface area contributed by atoms with Crippen molar-refractivity contribution in [3.05, 3.63) is 71.3 Å². The van der Waals surface area contributed by atoms with E-state index in [-0.39, 0.29) is 6.10 Å². The minimum absolute atomic E-state index is 0.297. The normalized spacial score (nSPS) is 19.9. The van der Waals surface area contributed by atoms with Gasteiger partial charge in [0.15, 0.2) is 0 Å². The smallest absolute Gasteiger partial charge is 0.0818 e. The maximum absolute atomic E-state index is 10.5. The van der Waals surface area contributed by atoms with Crippen molar-refractivity contribution < 1.29 is 5.11 Å². The zero-order valence-electron chi connectivity index (χ0n) is 16.7. The van der Waals surface area contributed by atoms with Gasteiger partial charge in [0.1, 0.15) is 0 Å². The lowest BCUT2D eigenvalue weighted by Crippen LogP contribution is -2.10. The van der Waals surface area contributed by atoms with E-state index in [1.54, 1.807) is 0 Å². The van der Waals surface area contributed by atoms with Gasteiger partial charge in [-0.3, -0.25) is 0 Å². The van der Waals surface area contributed by atoms with Gasteiger partial charge in [-0.05, 0) is 55.6 Å². The first-order chi connectivity index (χ1) is 12.2. The molecular formula is C24H36O. The monoisotopic (exact) mass is 340 g/mol. The Labute approximate surface area is 155 Å². The highest BCUT2D eigenvalue weighted by atomic mass is 16.3. The van der Waals surface area contributed by atoms with Gasteiger partial charge in [0.2, 0.25) is 0 Å². The summed E-state index contributed by atoms with van der Waals surface area (Å²) in [5.41, 5.74) is 3.82. The van der Waals surface area contributed by atoms with Gasteiger partial charge >= 0.3 is 0 Å². The van der Waals surface area contributed by atoms with Gasteiger partial charge < -0.3 is 5.11 Å². The van der Waals surface area contributed by atoms with E-state index >= 15 is 0 Å². The van der Waals surface area contributed by atoms with E-state index in [2.05, 4.69) is 31.2 Å². The van der Waals surface area contributed by atoms with Crippen LogP contribution in [-0.4, -0.2) is 5.11 Å². The maximum atomic E-state index is 10.5. The van der Waals surface area contributed by atoms with Crippen LogP contribution in [0.25, 0.3) is 0 Å². The molecule has 1 heteroatoms. The van der Waals surface area contributed by atoms with Crippen LogP contribution in [0.2, 0.25) is 0 Å². The highest BCUT2D eigenvalue weighted by Crippen LogP contribution is 2.40. The van der Waals surface area contributed by atoms with Crippen molar-refractivity contribution in [3.63, 3.8) is 0 Å². The molecule has 0 spiro atoms. The lowest BCUT2D eigenvalue weighted by atomic mass is 9.91. The van der Waals surface area contributed by atoms with Gasteiger partial charge in [0.25, 0.3) is 0 Å². The molecular weight excluding hydrogens is 304 g/mol. The molecule has 1 aliphatic carbocycles. The summed E-state index contributed by atoms with van der Waals surface area (Å²) in [5.74, 6) is 1.14. The molecule has 1 aliphatic rings. The highest BCUT2D eigenvalue weighted by Gasteiger charge is 2.30. The third kappa shape index (κ3) is 6.66. The molecule has 25 heavy (non-hydrogen) atoms. The van der Waals surface area contributed by atoms with Gasteiger partial charge in [0, 0.05) is 0 Å². The predicted octanol–water partition coefficient (Wildman–Crippen LogP) is 6.74. The molecule has 0 aliphatic heterocycles. The van der Waals surface area contributed by atoms with E-state index < -0.39 is 0 Å². The second-order valence-electron chi connectivity index (χ2n) is 6.48. The van der Waals surface area contributed by atoms with Crippen LogP contribution < -0.4 is 0 Å². The van der Waals surface area contributed by atoms with Crippen LogP contribution >= 0.6 is 0 Å². The first-order valence-electron chi connectivity index (χ1n) is 10.0. The van der Waals surface area contributed by atoms with Crippen molar-refractivity contribution in [1.29, 1.82) is 0 Å². The van der Waals surface area contributed by atoms with Gasteiger partial charge in [-0.1, -0.05) is 87.9 Å². The molecule has 0 aromatic heterocycles. The van der Waals surface area contributed by atoms with Crippen LogP contribution in [0.4, 0.5) is 0 Å². The van der Waals surface area contributed by atoms with E-state index in [0.29, 0.717) is 5.92 Å². The fourth-order valence-corrected chi connectivity index (χ4v) is 3.57. The van der Waals surface area contributed by atoms with E-state index in [1.807, 2.05) is 58.0 Å². The first kappa shape index (κ1) is 21.4. The summed E-state index contributed by atoms with van der Waals surface area (Å²) in [5, 5.41) is 10.5. The molecule has 3 rings (SSSR count). The molecule has 0 saturated heterocycles. The zero-order chi connectivity index (χ0) is 18.7. The summed E-state index contributed by atoms with van der Waals surface area (Å²) in [6, 6.07) is 19.0. The van der Waals surface area contributed by atoms with E-state index in [9.17, 15) is 5.11 Å². The number of aryl methyl sites for hydroxylation is 1. The van der Waals surface area contributed by atoms with E-state index in [0.717, 1.165) is 30.7 Å². The molecule has 2 aromatic rings. The van der Waals surface area contributed by atoms with Crippen LogP contribution in [0.5, 0.6) is 0 Å². The Kier molecular flexibility index (Phi) is 10.2. The van der Waals surface area contributed by atoms with Gasteiger partial charge in [-0.15, -0.1) is 0 Å². The predicted molar refractivity (Wildman–Crippen MR) is 110 cm³/mol. The van der Waals surface area contributed by atoms with Crippen LogP contribution in [0.1, 0.15) is 69.8 Å². The fourth-order valence-electron chi connectivity index (χ4n) is 3.57. The molecule has 0 amide bonds. The molecule has 0 heterocycles. The Morgan fingerprint density at radius 3 is 2.08 bits per heavy atom. The summed E-state index contributed by atoms with van der Waals surface area (Å²) in [6.07, 6.45) is 4.38. The van der Waals surface area contributed by atoms with Crippen molar-refractivity contribution in [2.45, 2.75) is 66.4 Å². The lowest BCUT2D eigenvalue weighted by molar-refractivity contribution is 0.109. The molecule has 1 N–H and O–H groups in total. The van der Waals surface area contributed by atoms with Gasteiger partial charge in [-0.2, -0.15) is 0 Å². The number of aliphatic hydroxyl groups excluding tert-OH is 1. The third-order valence-electron chi connectivity index (χ3n) is 4.81. The van der Waals surface area contributed by atoms with Crippen LogP contribution in [0.15, 0.2) is 54.6 Å². The van der Waals surface area contributed by atoms with Crippen molar-refractivity contribution in [2.75, 3.05) is 0 Å². The maximum Gasteiger partial charge on any atom is 0.0818 e. The van der Waals surface area contributed by atoms with E-state index in [4.69, 9.17) is 0 Å². The van der Waals surface area contributed by atoms with Crippen molar-refractivity contribution in [1.82, 2.24) is 0 Å². The topological polar surface area (TPSA) is 20.2 Å². The van der Waals surface area contributed by atoms with Crippen LogP contribution in [0, 0.1) is 18.8 Å². The average Bonchev–Trinajstić information content (AvgIpc) is 3.15. The lowest BCUT2D eigenvalue weighted by Gasteiger charge is -2.18. The number of hydrogen-bond acceptors (Lipinski definition) is 1. The van der Waals surface area contributed by atoms with Crippen molar-refractivity contribution in [2.24, 2.45) is 11.8 Å². The molecule has 3 atom stereocenters. The second kappa shape index (κ2) is 11.9. The fraction of sp³-hybridized carbons (Fsp3) is 0.500. The first-order valence-corrected chi connectivity index (χ1v) is 10.0. The number of hydrogen-bond donors (Lipinski definition) is 1. The Morgan fingerprint density at radius 2 is 1.48 bits per heavy atom. The molecule has 1 saturated carbocycles. The van der Waals surface area contributed by atoms with Crippen molar-refractivity contribution >= 4 is 0 Å². The van der Waals surface area contributed by atoms with Crippen LogP contribution in [-0.2, 0) is 6.42 Å². The highest BCUT2D eigenvalue weighted by molar-refractivity contribution is 5.22. The molecule has 0 bridgehead atoms. The second-order valence-corrected chi connectivity index (χ2v) is 6.48. The van der Waals surface area contributed by atoms with Crippen LogP contribution in [0.3, 0.4) is 0 Å². The van der Waals surface area contributed by atoms with E-state index in [1.165, 1.54) is 17.5 Å². The van der Waals surface area contributed by atoms with Gasteiger partial charge in [-0.25, -0.2) is 0 Å². The minimum atomic E-state index is -0.297. The quantitative estimate of drug-likeness (QED) is 0.653. The Hall–Kier alpha value is -1.60. The standard InChI is InChI=1S/C20H24O.2C2H6/c1-15-7-9-16(10-8-15)13-17-11-12-19(14-17)20(21)18-5-3-2-4-6-18;2*1-2/h2-10,17,19-21H,11-14H2,1H3;2*1-2H3. The number of rotatable bonds is 4. The summed E-state index contributed by atoms with van der Waals surface area (Å²) in [6.45, 7) is 10.1. The van der Waals surface area contributed by atoms with Crippen molar-refractivity contribution in [3.8, 4) is 0 Å². The summed E-state index contributed by atoms with van der Waals surface area (Å²) >= 11 is 0. The summed E-state index contributed by atoms with van der Waals surface area (Å²) in [4.78, 5) is 0. The molecule has 0 radical (unpaired) electrons. The largest absolute Gasteiger partial charge is 0.388 e. The molecule has 3 unspecified atom stereocenters. The number of benzene rings is 2. The number of aliphatic hydroxyl groups is 1. The Balaban J connectivity index is 0.000000730. The summed E-state index contributed by atoms with van der Waals surface area (Å²) in [7, 11) is 0. The SMILES string of the molecule is CC.CC.Cc1ccc(CC2CCC(C(O)c3ccccc3)C2)cc1. The molecule has 138 valence electrons. The molecule has 1 nitrogen and oxygen atoms in total. The zero-order valence-corrected chi connectivity index (χ0v) is 16.7. The minimum Gasteiger partial charge on any atom is -0.388 e. The summed E-state index contributed by atoms with van der Waals surface area (Å²) < 4.78 is 0. The van der Waals surface area contributed by atoms with Gasteiger partial charge in [0.05, 0.1) is 6.10 Å². The molecule has 1 fully saturated rings. The Morgan fingerprint density at radius 1 is 0.880 bits per heavy atom. The average molecular weight is 341 g/mol.